The van der Waals surface area contributed by atoms with Crippen molar-refractivity contribution in [2.75, 3.05) is 0 Å². The van der Waals surface area contributed by atoms with E-state index < -0.39 is 5.91 Å². The van der Waals surface area contributed by atoms with Gasteiger partial charge in [-0.25, -0.2) is 0 Å². The Bertz CT molecular complexity index is 1090. The van der Waals surface area contributed by atoms with Gasteiger partial charge in [0.2, 0.25) is 5.91 Å². The molecule has 0 bridgehead atoms. The van der Waals surface area contributed by atoms with Crippen molar-refractivity contribution in [2.24, 2.45) is 0 Å². The van der Waals surface area contributed by atoms with Crippen molar-refractivity contribution in [2.45, 2.75) is 32.8 Å². The molecule has 0 aliphatic rings. The lowest BCUT2D eigenvalue weighted by molar-refractivity contribution is -0.121. The Morgan fingerprint density at radius 1 is 1.00 bits per heavy atom. The van der Waals surface area contributed by atoms with Crippen LogP contribution in [-0.4, -0.2) is 23.0 Å². The number of rotatable bonds is 6. The monoisotopic (exact) mass is 435 g/mol. The maximum atomic E-state index is 12.4. The third-order valence-corrected chi connectivity index (χ3v) is 4.99. The number of amides is 2. The molecule has 0 fully saturated rings. The van der Waals surface area contributed by atoms with Gasteiger partial charge in [0.05, 0.1) is 12.5 Å². The molecule has 2 amide bonds. The van der Waals surface area contributed by atoms with E-state index >= 15 is 0 Å². The van der Waals surface area contributed by atoms with Crippen LogP contribution in [0.4, 0.5) is 0 Å². The number of hydrogen-bond acceptors (Lipinski definition) is 4. The Kier molecular flexibility index (Phi) is 7.56. The maximum Gasteiger partial charge on any atom is 0.257 e. The average molecular weight is 436 g/mol. The zero-order chi connectivity index (χ0) is 22.2. The first-order valence-electron chi connectivity index (χ1n) is 10.1. The molecular formula is C24H25N3O3S. The van der Waals surface area contributed by atoms with Gasteiger partial charge in [-0.3, -0.25) is 25.8 Å². The summed E-state index contributed by atoms with van der Waals surface area (Å²) >= 11 is 5.12. The van der Waals surface area contributed by atoms with Crippen molar-refractivity contribution >= 4 is 39.9 Å². The Labute approximate surface area is 187 Å². The zero-order valence-corrected chi connectivity index (χ0v) is 18.3. The number of hydrogen-bond donors (Lipinski definition) is 3. The third-order valence-electron chi connectivity index (χ3n) is 4.78. The summed E-state index contributed by atoms with van der Waals surface area (Å²) in [5.74, 6) is -0.0448. The van der Waals surface area contributed by atoms with Crippen LogP contribution >= 0.6 is 12.2 Å². The molecule has 7 heteroatoms. The second-order valence-corrected chi connectivity index (χ2v) is 7.54. The van der Waals surface area contributed by atoms with Gasteiger partial charge in [-0.05, 0) is 60.1 Å². The Morgan fingerprint density at radius 2 is 1.74 bits per heavy atom. The summed E-state index contributed by atoms with van der Waals surface area (Å²) in [5.41, 5.74) is 6.42. The minimum Gasteiger partial charge on any atom is -0.491 e. The summed E-state index contributed by atoms with van der Waals surface area (Å²) in [6.07, 6.45) is 1.10. The molecule has 0 aromatic heterocycles. The molecule has 1 unspecified atom stereocenters. The highest BCUT2D eigenvalue weighted by Crippen LogP contribution is 2.19. The fourth-order valence-electron chi connectivity index (χ4n) is 3.02. The molecule has 0 spiro atoms. The molecule has 0 radical (unpaired) electrons. The van der Waals surface area contributed by atoms with E-state index in [4.69, 9.17) is 17.0 Å². The van der Waals surface area contributed by atoms with E-state index in [2.05, 4.69) is 16.2 Å². The van der Waals surface area contributed by atoms with Gasteiger partial charge >= 0.3 is 0 Å². The molecule has 160 valence electrons. The highest BCUT2D eigenvalue weighted by Gasteiger charge is 2.11. The van der Waals surface area contributed by atoms with Crippen molar-refractivity contribution < 1.29 is 14.3 Å². The van der Waals surface area contributed by atoms with Crippen molar-refractivity contribution in [3.05, 3.63) is 77.9 Å². The van der Waals surface area contributed by atoms with Gasteiger partial charge < -0.3 is 4.74 Å². The lowest BCUT2D eigenvalue weighted by Gasteiger charge is -2.14. The van der Waals surface area contributed by atoms with Gasteiger partial charge in [0.25, 0.3) is 5.91 Å². The van der Waals surface area contributed by atoms with Gasteiger partial charge in [0.1, 0.15) is 5.75 Å². The van der Waals surface area contributed by atoms with Crippen molar-refractivity contribution in [3.63, 3.8) is 0 Å². The van der Waals surface area contributed by atoms with Gasteiger partial charge in [0, 0.05) is 5.56 Å². The largest absolute Gasteiger partial charge is 0.491 e. The van der Waals surface area contributed by atoms with Crippen LogP contribution in [0.25, 0.3) is 10.8 Å². The zero-order valence-electron chi connectivity index (χ0n) is 17.5. The van der Waals surface area contributed by atoms with Crippen LogP contribution in [0.1, 0.15) is 36.2 Å². The molecule has 3 N–H and O–H groups in total. The van der Waals surface area contributed by atoms with Gasteiger partial charge in [-0.2, -0.15) is 0 Å². The number of thiocarbonyl (C=S) groups is 1. The minimum atomic E-state index is -0.393. The normalized spacial score (nSPS) is 11.4. The number of fused-ring (bicyclic) bond motifs is 1. The number of nitrogens with one attached hydrogen (secondary N) is 3. The Morgan fingerprint density at radius 3 is 2.55 bits per heavy atom. The van der Waals surface area contributed by atoms with Crippen LogP contribution in [0, 0.1) is 0 Å². The van der Waals surface area contributed by atoms with Crippen LogP contribution in [0.3, 0.4) is 0 Å². The van der Waals surface area contributed by atoms with E-state index in [1.54, 1.807) is 24.3 Å². The molecule has 0 saturated carbocycles. The smallest absolute Gasteiger partial charge is 0.257 e. The lowest BCUT2D eigenvalue weighted by Crippen LogP contribution is -2.48. The van der Waals surface area contributed by atoms with E-state index in [9.17, 15) is 9.59 Å². The molecule has 31 heavy (non-hydrogen) atoms. The SMILES string of the molecule is CCC(C)Oc1cccc(C(=O)NC(=S)NNC(=O)Cc2cccc3ccccc23)c1. The number of benzene rings is 3. The van der Waals surface area contributed by atoms with Crippen molar-refractivity contribution in [3.8, 4) is 5.75 Å². The van der Waals surface area contributed by atoms with Crippen LogP contribution in [0.15, 0.2) is 66.7 Å². The molecule has 0 aliphatic carbocycles. The van der Waals surface area contributed by atoms with Crippen LogP contribution in [-0.2, 0) is 11.2 Å². The summed E-state index contributed by atoms with van der Waals surface area (Å²) in [4.78, 5) is 24.8. The first-order chi connectivity index (χ1) is 15.0. The fourth-order valence-corrected chi connectivity index (χ4v) is 3.17. The molecule has 3 rings (SSSR count). The Balaban J connectivity index is 1.52. The third kappa shape index (κ3) is 6.26. The molecule has 0 aliphatic heterocycles. The van der Waals surface area contributed by atoms with Crippen molar-refractivity contribution in [1.82, 2.24) is 16.2 Å². The molecule has 3 aromatic rings. The molecule has 6 nitrogen and oxygen atoms in total. The molecule has 1 atom stereocenters. The van der Waals surface area contributed by atoms with Crippen LogP contribution in [0.5, 0.6) is 5.75 Å². The van der Waals surface area contributed by atoms with E-state index in [1.807, 2.05) is 56.3 Å². The van der Waals surface area contributed by atoms with E-state index in [1.165, 1.54) is 0 Å². The highest BCUT2D eigenvalue weighted by atomic mass is 32.1. The van der Waals surface area contributed by atoms with Gasteiger partial charge in [-0.1, -0.05) is 55.5 Å². The summed E-state index contributed by atoms with van der Waals surface area (Å²) in [6, 6.07) is 20.6. The number of hydrazine groups is 1. The highest BCUT2D eigenvalue weighted by molar-refractivity contribution is 7.80. The second-order valence-electron chi connectivity index (χ2n) is 7.14. The summed E-state index contributed by atoms with van der Waals surface area (Å²) < 4.78 is 5.74. The minimum absolute atomic E-state index is 0.00418. The molecule has 0 heterocycles. The quantitative estimate of drug-likeness (QED) is 0.404. The lowest BCUT2D eigenvalue weighted by atomic mass is 10.0. The maximum absolute atomic E-state index is 12.4. The molecule has 3 aromatic carbocycles. The fraction of sp³-hybridized carbons (Fsp3) is 0.208. The van der Waals surface area contributed by atoms with E-state index in [0.717, 1.165) is 22.8 Å². The summed E-state index contributed by atoms with van der Waals surface area (Å²) in [6.45, 7) is 3.99. The summed E-state index contributed by atoms with van der Waals surface area (Å²) in [7, 11) is 0. The van der Waals surface area contributed by atoms with Crippen LogP contribution in [0.2, 0.25) is 0 Å². The van der Waals surface area contributed by atoms with E-state index in [0.29, 0.717) is 11.3 Å². The first kappa shape index (κ1) is 22.2. The number of carbonyl (C=O) groups excluding carboxylic acids is 2. The predicted molar refractivity (Wildman–Crippen MR) is 126 cm³/mol. The number of carbonyl (C=O) groups is 2. The Hall–Kier alpha value is -3.45. The van der Waals surface area contributed by atoms with Crippen molar-refractivity contribution in [1.29, 1.82) is 0 Å². The van der Waals surface area contributed by atoms with Crippen LogP contribution < -0.4 is 20.9 Å². The number of ether oxygens (including phenoxy) is 1. The van der Waals surface area contributed by atoms with Gasteiger partial charge in [-0.15, -0.1) is 0 Å². The average Bonchev–Trinajstić information content (AvgIpc) is 2.78. The summed E-state index contributed by atoms with van der Waals surface area (Å²) in [5, 5.41) is 4.65. The predicted octanol–water partition coefficient (Wildman–Crippen LogP) is 3.90. The van der Waals surface area contributed by atoms with E-state index in [-0.39, 0.29) is 23.5 Å². The topological polar surface area (TPSA) is 79.5 Å². The molecule has 0 saturated heterocycles. The first-order valence-corrected chi connectivity index (χ1v) is 10.5. The molecular weight excluding hydrogens is 410 g/mol. The van der Waals surface area contributed by atoms with Gasteiger partial charge in [0.15, 0.2) is 5.11 Å². The second kappa shape index (κ2) is 10.5. The standard InChI is InChI=1S/C24H25N3O3S/c1-3-16(2)30-20-12-7-11-19(14-20)23(29)25-24(31)27-26-22(28)15-18-10-6-9-17-8-4-5-13-21(17)18/h4-14,16H,3,15H2,1-2H3,(H,26,28)(H2,25,27,29,31).